The van der Waals surface area contributed by atoms with Crippen molar-refractivity contribution in [3.05, 3.63) is 33.8 Å². The molecule has 1 spiro atoms. The summed E-state index contributed by atoms with van der Waals surface area (Å²) in [5.41, 5.74) is -0.0382. The summed E-state index contributed by atoms with van der Waals surface area (Å²) in [5, 5.41) is 3.59. The number of halogens is 2. The molecular weight excluding hydrogens is 367 g/mol. The SMILES string of the molecule is O=C(CCN1C(=O)NC2(CCCC2)C1=O)OCc1ccc(Cl)c(Cl)c1. The number of carbonyl (C=O) groups is 3. The van der Waals surface area contributed by atoms with Crippen molar-refractivity contribution in [2.45, 2.75) is 44.2 Å². The van der Waals surface area contributed by atoms with E-state index in [4.69, 9.17) is 27.9 Å². The maximum Gasteiger partial charge on any atom is 0.325 e. The summed E-state index contributed by atoms with van der Waals surface area (Å²) in [7, 11) is 0. The molecule has 1 aliphatic carbocycles. The van der Waals surface area contributed by atoms with Gasteiger partial charge in [-0.3, -0.25) is 14.5 Å². The first-order valence-corrected chi connectivity index (χ1v) is 8.90. The number of hydrogen-bond acceptors (Lipinski definition) is 4. The molecule has 25 heavy (non-hydrogen) atoms. The van der Waals surface area contributed by atoms with Gasteiger partial charge in [0.05, 0.1) is 16.5 Å². The molecule has 0 bridgehead atoms. The quantitative estimate of drug-likeness (QED) is 0.624. The largest absolute Gasteiger partial charge is 0.461 e. The maximum atomic E-state index is 12.5. The minimum absolute atomic E-state index is 0.0205. The number of benzene rings is 1. The molecule has 1 N–H and O–H groups in total. The summed E-state index contributed by atoms with van der Waals surface area (Å²) in [5.74, 6) is -0.716. The summed E-state index contributed by atoms with van der Waals surface area (Å²) < 4.78 is 5.16. The second-order valence-corrected chi connectivity index (χ2v) is 7.15. The Morgan fingerprint density at radius 2 is 1.92 bits per heavy atom. The molecule has 134 valence electrons. The molecule has 1 heterocycles. The third kappa shape index (κ3) is 3.75. The number of amides is 3. The maximum absolute atomic E-state index is 12.5. The molecule has 1 aliphatic heterocycles. The Morgan fingerprint density at radius 1 is 1.20 bits per heavy atom. The van der Waals surface area contributed by atoms with Gasteiger partial charge in [-0.2, -0.15) is 0 Å². The predicted molar refractivity (Wildman–Crippen MR) is 92.3 cm³/mol. The molecular formula is C17H18Cl2N2O4. The van der Waals surface area contributed by atoms with Crippen molar-refractivity contribution in [3.63, 3.8) is 0 Å². The minimum Gasteiger partial charge on any atom is -0.461 e. The van der Waals surface area contributed by atoms with E-state index in [0.717, 1.165) is 17.7 Å². The van der Waals surface area contributed by atoms with Crippen molar-refractivity contribution in [1.29, 1.82) is 0 Å². The normalized spacial score (nSPS) is 18.7. The van der Waals surface area contributed by atoms with Crippen molar-refractivity contribution in [2.24, 2.45) is 0 Å². The highest BCUT2D eigenvalue weighted by Crippen LogP contribution is 2.35. The molecule has 0 radical (unpaired) electrons. The van der Waals surface area contributed by atoms with Gasteiger partial charge in [-0.15, -0.1) is 0 Å². The molecule has 8 heteroatoms. The van der Waals surface area contributed by atoms with Crippen LogP contribution >= 0.6 is 23.2 Å². The average Bonchev–Trinajstić information content (AvgIpc) is 3.13. The van der Waals surface area contributed by atoms with E-state index in [0.29, 0.717) is 28.5 Å². The lowest BCUT2D eigenvalue weighted by atomic mass is 9.98. The Hall–Kier alpha value is -1.79. The lowest BCUT2D eigenvalue weighted by Gasteiger charge is -2.19. The van der Waals surface area contributed by atoms with E-state index in [2.05, 4.69) is 5.32 Å². The Balaban J connectivity index is 1.49. The lowest BCUT2D eigenvalue weighted by Crippen LogP contribution is -2.44. The van der Waals surface area contributed by atoms with Crippen LogP contribution in [0.15, 0.2) is 18.2 Å². The molecule has 3 amide bonds. The van der Waals surface area contributed by atoms with Crippen molar-refractivity contribution in [3.8, 4) is 0 Å². The standard InChI is InChI=1S/C17H18Cl2N2O4/c18-12-4-3-11(9-13(12)19)10-25-14(22)5-8-21-15(23)17(20-16(21)24)6-1-2-7-17/h3-4,9H,1-2,5-8,10H2,(H,20,24). The lowest BCUT2D eigenvalue weighted by molar-refractivity contribution is -0.145. The van der Waals surface area contributed by atoms with Gasteiger partial charge in [0.1, 0.15) is 12.1 Å². The molecule has 1 saturated heterocycles. The van der Waals surface area contributed by atoms with Crippen LogP contribution in [0.5, 0.6) is 0 Å². The number of ether oxygens (including phenoxy) is 1. The third-order valence-corrected chi connectivity index (χ3v) is 5.37. The topological polar surface area (TPSA) is 75.7 Å². The first-order chi connectivity index (χ1) is 11.9. The van der Waals surface area contributed by atoms with Crippen LogP contribution < -0.4 is 5.32 Å². The van der Waals surface area contributed by atoms with Gasteiger partial charge in [-0.1, -0.05) is 42.1 Å². The van der Waals surface area contributed by atoms with Gasteiger partial charge in [0.25, 0.3) is 5.91 Å². The molecule has 1 aromatic rings. The van der Waals surface area contributed by atoms with E-state index in [1.54, 1.807) is 18.2 Å². The Morgan fingerprint density at radius 3 is 2.60 bits per heavy atom. The monoisotopic (exact) mass is 384 g/mol. The van der Waals surface area contributed by atoms with Crippen LogP contribution in [-0.4, -0.2) is 34.9 Å². The summed E-state index contributed by atoms with van der Waals surface area (Å²) in [6.07, 6.45) is 3.12. The fraction of sp³-hybridized carbons (Fsp3) is 0.471. The Labute approximate surface area is 155 Å². The van der Waals surface area contributed by atoms with Crippen molar-refractivity contribution < 1.29 is 19.1 Å². The van der Waals surface area contributed by atoms with Crippen molar-refractivity contribution >= 4 is 41.1 Å². The molecule has 0 atom stereocenters. The third-order valence-electron chi connectivity index (χ3n) is 4.63. The first-order valence-electron chi connectivity index (χ1n) is 8.15. The molecule has 1 saturated carbocycles. The highest BCUT2D eigenvalue weighted by atomic mass is 35.5. The number of rotatable bonds is 5. The molecule has 1 aromatic carbocycles. The summed E-state index contributed by atoms with van der Waals surface area (Å²) in [6, 6.07) is 4.53. The van der Waals surface area contributed by atoms with Gasteiger partial charge in [-0.25, -0.2) is 4.79 Å². The number of carbonyl (C=O) groups excluding carboxylic acids is 3. The predicted octanol–water partition coefficient (Wildman–Crippen LogP) is 3.29. The number of nitrogens with zero attached hydrogens (tertiary/aromatic N) is 1. The number of hydrogen-bond donors (Lipinski definition) is 1. The van der Waals surface area contributed by atoms with E-state index in [9.17, 15) is 14.4 Å². The Bertz CT molecular complexity index is 717. The summed E-state index contributed by atoms with van der Waals surface area (Å²) >= 11 is 11.7. The highest BCUT2D eigenvalue weighted by molar-refractivity contribution is 6.42. The van der Waals surface area contributed by atoms with E-state index in [1.165, 1.54) is 0 Å². The molecule has 6 nitrogen and oxygen atoms in total. The Kier molecular flexibility index (Phi) is 5.20. The van der Waals surface area contributed by atoms with Gasteiger partial charge in [0.2, 0.25) is 0 Å². The molecule has 3 rings (SSSR count). The van der Waals surface area contributed by atoms with Crippen molar-refractivity contribution in [2.75, 3.05) is 6.54 Å². The van der Waals surface area contributed by atoms with E-state index in [1.807, 2.05) is 0 Å². The van der Waals surface area contributed by atoms with E-state index >= 15 is 0 Å². The van der Waals surface area contributed by atoms with Gasteiger partial charge in [0, 0.05) is 6.54 Å². The second kappa shape index (κ2) is 7.22. The number of esters is 1. The smallest absolute Gasteiger partial charge is 0.325 e. The zero-order valence-corrected chi connectivity index (χ0v) is 15.0. The van der Waals surface area contributed by atoms with E-state index < -0.39 is 17.5 Å². The first kappa shape index (κ1) is 18.0. The van der Waals surface area contributed by atoms with Crippen LogP contribution in [0, 0.1) is 0 Å². The summed E-state index contributed by atoms with van der Waals surface area (Å²) in [4.78, 5) is 37.5. The van der Waals surface area contributed by atoms with Gasteiger partial charge in [-0.05, 0) is 30.5 Å². The minimum atomic E-state index is -0.749. The van der Waals surface area contributed by atoms with Crippen LogP contribution in [0.1, 0.15) is 37.7 Å². The van der Waals surface area contributed by atoms with Crippen LogP contribution in [-0.2, 0) is 20.9 Å². The number of urea groups is 1. The molecule has 0 unspecified atom stereocenters. The number of nitrogens with one attached hydrogen (secondary N) is 1. The van der Waals surface area contributed by atoms with Gasteiger partial charge >= 0.3 is 12.0 Å². The number of imide groups is 1. The fourth-order valence-electron chi connectivity index (χ4n) is 3.27. The van der Waals surface area contributed by atoms with Crippen LogP contribution in [0.25, 0.3) is 0 Å². The highest BCUT2D eigenvalue weighted by Gasteiger charge is 2.52. The molecule has 2 fully saturated rings. The fourth-order valence-corrected chi connectivity index (χ4v) is 3.59. The zero-order valence-electron chi connectivity index (χ0n) is 13.5. The van der Waals surface area contributed by atoms with Crippen LogP contribution in [0.3, 0.4) is 0 Å². The second-order valence-electron chi connectivity index (χ2n) is 6.34. The van der Waals surface area contributed by atoms with E-state index in [-0.39, 0.29) is 25.5 Å². The summed E-state index contributed by atoms with van der Waals surface area (Å²) in [6.45, 7) is 0.0758. The van der Waals surface area contributed by atoms with Gasteiger partial charge < -0.3 is 10.1 Å². The average molecular weight is 385 g/mol. The molecule has 0 aromatic heterocycles. The molecule has 2 aliphatic rings. The zero-order chi connectivity index (χ0) is 18.0. The van der Waals surface area contributed by atoms with Gasteiger partial charge in [0.15, 0.2) is 0 Å². The van der Waals surface area contributed by atoms with Crippen LogP contribution in [0.4, 0.5) is 4.79 Å². The van der Waals surface area contributed by atoms with Crippen LogP contribution in [0.2, 0.25) is 10.0 Å². The van der Waals surface area contributed by atoms with Crippen molar-refractivity contribution in [1.82, 2.24) is 10.2 Å².